The summed E-state index contributed by atoms with van der Waals surface area (Å²) in [7, 11) is 0.558. The van der Waals surface area contributed by atoms with Crippen LogP contribution in [0.4, 0.5) is 8.78 Å². The third-order valence-electron chi connectivity index (χ3n) is 5.56. The maximum atomic E-state index is 15.8. The number of hydrogen-bond donors (Lipinski definition) is 0. The van der Waals surface area contributed by atoms with Crippen LogP contribution in [-0.2, 0) is 23.1 Å². The largest absolute Gasteiger partial charge is 0.497 e. The van der Waals surface area contributed by atoms with E-state index in [9.17, 15) is 12.8 Å². The van der Waals surface area contributed by atoms with Crippen LogP contribution in [0.25, 0.3) is 11.3 Å². The molecule has 3 heterocycles. The highest BCUT2D eigenvalue weighted by atomic mass is 32.2. The predicted molar refractivity (Wildman–Crippen MR) is 129 cm³/mol. The van der Waals surface area contributed by atoms with Crippen molar-refractivity contribution in [2.75, 3.05) is 21.3 Å². The Morgan fingerprint density at radius 1 is 1.00 bits per heavy atom. The molecule has 0 bridgehead atoms. The van der Waals surface area contributed by atoms with Gasteiger partial charge in [0.1, 0.15) is 22.1 Å². The summed E-state index contributed by atoms with van der Waals surface area (Å²) in [5.74, 6) is -0.621. The number of aromatic nitrogens is 3. The minimum absolute atomic E-state index is 0.0332. The van der Waals surface area contributed by atoms with Gasteiger partial charge < -0.3 is 9.47 Å². The van der Waals surface area contributed by atoms with Crippen LogP contribution >= 0.6 is 0 Å². The molecule has 0 saturated carbocycles. The minimum Gasteiger partial charge on any atom is -0.497 e. The lowest BCUT2D eigenvalue weighted by atomic mass is 10.1. The second kappa shape index (κ2) is 10.4. The highest BCUT2D eigenvalue weighted by molar-refractivity contribution is 7.90. The zero-order chi connectivity index (χ0) is 25.9. The van der Waals surface area contributed by atoms with Crippen LogP contribution in [0.15, 0.2) is 72.1 Å². The van der Waals surface area contributed by atoms with E-state index in [2.05, 4.69) is 9.97 Å². The lowest BCUT2D eigenvalue weighted by Gasteiger charge is -2.18. The summed E-state index contributed by atoms with van der Waals surface area (Å²) in [5, 5.41) is 0. The molecule has 0 aliphatic heterocycles. The third kappa shape index (κ3) is 4.93. The van der Waals surface area contributed by atoms with Gasteiger partial charge in [-0.25, -0.2) is 21.8 Å². The van der Waals surface area contributed by atoms with Gasteiger partial charge >= 0.3 is 0 Å². The third-order valence-corrected chi connectivity index (χ3v) is 7.21. The van der Waals surface area contributed by atoms with Crippen molar-refractivity contribution in [2.45, 2.75) is 18.0 Å². The second-order valence-electron chi connectivity index (χ2n) is 8.00. The molecule has 8 nitrogen and oxygen atoms in total. The molecule has 0 saturated heterocycles. The van der Waals surface area contributed by atoms with E-state index in [-0.39, 0.29) is 22.6 Å². The Balaban J connectivity index is 1.75. The smallest absolute Gasteiger partial charge is 0.269 e. The summed E-state index contributed by atoms with van der Waals surface area (Å²) in [6, 6.07) is 10.8. The van der Waals surface area contributed by atoms with Gasteiger partial charge in [-0.05, 0) is 37.4 Å². The average Bonchev–Trinajstić information content (AvgIpc) is 3.21. The molecule has 0 fully saturated rings. The number of nitrogens with zero attached hydrogens (tertiary/aromatic N) is 4. The summed E-state index contributed by atoms with van der Waals surface area (Å²) in [6.45, 7) is 0.398. The van der Waals surface area contributed by atoms with Crippen molar-refractivity contribution in [1.82, 2.24) is 18.8 Å². The first-order valence-electron chi connectivity index (χ1n) is 10.8. The Morgan fingerprint density at radius 2 is 1.75 bits per heavy atom. The molecule has 36 heavy (non-hydrogen) atoms. The molecule has 0 amide bonds. The quantitative estimate of drug-likeness (QED) is 0.311. The number of pyridine rings is 2. The van der Waals surface area contributed by atoms with Gasteiger partial charge in [-0.15, -0.1) is 0 Å². The fraction of sp³-hybridized carbons (Fsp3) is 0.200. The summed E-state index contributed by atoms with van der Waals surface area (Å²) < 4.78 is 68.6. The Bertz CT molecular complexity index is 1480. The van der Waals surface area contributed by atoms with Crippen molar-refractivity contribution in [3.63, 3.8) is 0 Å². The van der Waals surface area contributed by atoms with E-state index in [0.717, 1.165) is 15.7 Å². The van der Waals surface area contributed by atoms with Crippen LogP contribution in [-0.4, -0.2) is 48.5 Å². The van der Waals surface area contributed by atoms with Crippen molar-refractivity contribution in [2.24, 2.45) is 0 Å². The van der Waals surface area contributed by atoms with E-state index >= 15 is 4.39 Å². The van der Waals surface area contributed by atoms with Gasteiger partial charge in [-0.3, -0.25) is 9.88 Å². The maximum Gasteiger partial charge on any atom is 0.269 e. The highest BCUT2D eigenvalue weighted by Gasteiger charge is 2.29. The molecule has 4 rings (SSSR count). The monoisotopic (exact) mass is 514 g/mol. The fourth-order valence-corrected chi connectivity index (χ4v) is 5.20. The van der Waals surface area contributed by atoms with E-state index < -0.39 is 27.5 Å². The molecular formula is C25H24F2N4O4S. The summed E-state index contributed by atoms with van der Waals surface area (Å²) in [4.78, 5) is 9.04. The van der Waals surface area contributed by atoms with Crippen LogP contribution in [0, 0.1) is 11.8 Å². The van der Waals surface area contributed by atoms with Crippen molar-refractivity contribution in [3.05, 3.63) is 90.1 Å². The first-order chi connectivity index (χ1) is 17.3. The molecular weight excluding hydrogens is 490 g/mol. The van der Waals surface area contributed by atoms with Gasteiger partial charge in [-0.2, -0.15) is 4.39 Å². The van der Waals surface area contributed by atoms with E-state index in [0.29, 0.717) is 18.0 Å². The Labute approximate surface area is 207 Å². The molecule has 188 valence electrons. The molecule has 0 unspecified atom stereocenters. The van der Waals surface area contributed by atoms with Crippen LogP contribution in [0.1, 0.15) is 11.1 Å². The molecule has 1 aromatic carbocycles. The molecule has 0 aliphatic carbocycles. The number of rotatable bonds is 9. The van der Waals surface area contributed by atoms with Gasteiger partial charge in [0.2, 0.25) is 5.95 Å². The molecule has 3 aromatic heterocycles. The van der Waals surface area contributed by atoms with E-state index in [1.807, 2.05) is 6.07 Å². The van der Waals surface area contributed by atoms with Gasteiger partial charge in [0.15, 0.2) is 5.82 Å². The first-order valence-corrected chi connectivity index (χ1v) is 12.3. The molecule has 11 heteroatoms. The topological polar surface area (TPSA) is 86.6 Å². The fourth-order valence-electron chi connectivity index (χ4n) is 3.84. The van der Waals surface area contributed by atoms with E-state index in [1.165, 1.54) is 50.0 Å². The Hall–Kier alpha value is -3.83. The standard InChI is InChI=1S/C25H24F2N4O4S/c1-30(14-17-8-9-19(34-2)12-22(17)35-3)15-18-16-31(36(32,33)20-6-4-10-28-13-20)24(23(18)26)21-7-5-11-29-25(21)27/h4-13,16H,14-15H2,1-3H3. The zero-order valence-corrected chi connectivity index (χ0v) is 20.7. The van der Waals surface area contributed by atoms with Gasteiger partial charge in [0.05, 0.1) is 19.8 Å². The van der Waals surface area contributed by atoms with E-state index in [1.54, 1.807) is 31.2 Å². The highest BCUT2D eigenvalue weighted by Crippen LogP contribution is 2.33. The lowest BCUT2D eigenvalue weighted by Crippen LogP contribution is -2.18. The van der Waals surface area contributed by atoms with E-state index in [4.69, 9.17) is 9.47 Å². The zero-order valence-electron chi connectivity index (χ0n) is 19.9. The average molecular weight is 515 g/mol. The number of benzene rings is 1. The minimum atomic E-state index is -4.28. The van der Waals surface area contributed by atoms with Crippen LogP contribution in [0.2, 0.25) is 0 Å². The van der Waals surface area contributed by atoms with Crippen molar-refractivity contribution >= 4 is 10.0 Å². The Morgan fingerprint density at radius 3 is 2.42 bits per heavy atom. The first kappa shape index (κ1) is 25.3. The second-order valence-corrected chi connectivity index (χ2v) is 9.81. The van der Waals surface area contributed by atoms with Crippen molar-refractivity contribution < 1.29 is 26.7 Å². The van der Waals surface area contributed by atoms with Crippen LogP contribution in [0.5, 0.6) is 11.5 Å². The van der Waals surface area contributed by atoms with Crippen molar-refractivity contribution in [3.8, 4) is 22.8 Å². The maximum absolute atomic E-state index is 15.8. The number of methoxy groups -OCH3 is 2. The van der Waals surface area contributed by atoms with Gasteiger partial charge in [0, 0.05) is 55.1 Å². The Kier molecular flexibility index (Phi) is 7.32. The molecule has 0 spiro atoms. The number of halogens is 2. The summed E-state index contributed by atoms with van der Waals surface area (Å²) in [5.41, 5.74) is 0.181. The molecule has 4 aromatic rings. The molecule has 0 radical (unpaired) electrons. The molecule has 0 atom stereocenters. The lowest BCUT2D eigenvalue weighted by molar-refractivity contribution is 0.305. The van der Waals surface area contributed by atoms with Gasteiger partial charge in [0.25, 0.3) is 10.0 Å². The molecule has 0 aliphatic rings. The molecule has 0 N–H and O–H groups in total. The summed E-state index contributed by atoms with van der Waals surface area (Å²) in [6.07, 6.45) is 4.95. The van der Waals surface area contributed by atoms with Crippen LogP contribution in [0.3, 0.4) is 0 Å². The van der Waals surface area contributed by atoms with Gasteiger partial charge in [-0.1, -0.05) is 6.07 Å². The van der Waals surface area contributed by atoms with Crippen molar-refractivity contribution in [1.29, 1.82) is 0 Å². The van der Waals surface area contributed by atoms with Crippen LogP contribution < -0.4 is 9.47 Å². The predicted octanol–water partition coefficient (Wildman–Crippen LogP) is 4.11. The number of ether oxygens (including phenoxy) is 2. The normalized spacial score (nSPS) is 11.6. The number of hydrogen-bond acceptors (Lipinski definition) is 7. The SMILES string of the molecule is COc1ccc(CN(C)Cc2cn(S(=O)(=O)c3cccnc3)c(-c3cccnc3F)c2F)c(OC)c1. The summed E-state index contributed by atoms with van der Waals surface area (Å²) >= 11 is 0.